The summed E-state index contributed by atoms with van der Waals surface area (Å²) in [6.45, 7) is 1.14. The zero-order valence-electron chi connectivity index (χ0n) is 10.3. The van der Waals surface area contributed by atoms with Crippen LogP contribution < -0.4 is 4.74 Å². The minimum atomic E-state index is -0.908. The lowest BCUT2D eigenvalue weighted by atomic mass is 10.2. The summed E-state index contributed by atoms with van der Waals surface area (Å²) in [5.74, 6) is -0.329. The van der Waals surface area contributed by atoms with Crippen molar-refractivity contribution in [3.63, 3.8) is 0 Å². The molecule has 1 heterocycles. The largest absolute Gasteiger partial charge is 0.491 e. The second-order valence-corrected chi connectivity index (χ2v) is 4.92. The van der Waals surface area contributed by atoms with Crippen molar-refractivity contribution >= 4 is 17.6 Å². The molecule has 0 bridgehead atoms. The van der Waals surface area contributed by atoms with Crippen molar-refractivity contribution in [2.24, 2.45) is 0 Å². The molecule has 0 amide bonds. The van der Waals surface area contributed by atoms with E-state index in [4.69, 9.17) is 21.4 Å². The lowest BCUT2D eigenvalue weighted by molar-refractivity contribution is -0.142. The third-order valence-electron chi connectivity index (χ3n) is 3.14. The summed E-state index contributed by atoms with van der Waals surface area (Å²) in [4.78, 5) is 12.7. The van der Waals surface area contributed by atoms with Gasteiger partial charge in [-0.2, -0.15) is 0 Å². The van der Waals surface area contributed by atoms with E-state index >= 15 is 0 Å². The number of hydrogen-bond donors (Lipinski definition) is 2. The molecule has 0 saturated carbocycles. The Kier molecular flexibility index (Phi) is 4.63. The number of carboxylic acid groups (broad SMARTS) is 1. The predicted octanol–water partition coefficient (Wildman–Crippen LogP) is 1.24. The van der Waals surface area contributed by atoms with E-state index in [2.05, 4.69) is 0 Å². The van der Waals surface area contributed by atoms with Gasteiger partial charge in [-0.3, -0.25) is 9.69 Å². The van der Waals surface area contributed by atoms with Gasteiger partial charge in [-0.05, 0) is 12.1 Å². The van der Waals surface area contributed by atoms with Crippen LogP contribution >= 0.6 is 11.6 Å². The van der Waals surface area contributed by atoms with E-state index in [-0.39, 0.29) is 6.42 Å². The first-order chi connectivity index (χ1) is 9.08. The van der Waals surface area contributed by atoms with E-state index in [1.807, 2.05) is 12.1 Å². The molecule has 1 aliphatic rings. The first-order valence-electron chi connectivity index (χ1n) is 6.10. The Balaban J connectivity index is 1.85. The van der Waals surface area contributed by atoms with Gasteiger partial charge in [0.1, 0.15) is 18.4 Å². The number of carbonyl (C=O) groups is 1. The SMILES string of the molecule is O=C(O)C1CC(O)CN1CCOc1ccccc1Cl. The van der Waals surface area contributed by atoms with Crippen LogP contribution in [0.2, 0.25) is 5.02 Å². The fourth-order valence-corrected chi connectivity index (χ4v) is 2.41. The number of hydrogen-bond acceptors (Lipinski definition) is 4. The maximum atomic E-state index is 11.0. The summed E-state index contributed by atoms with van der Waals surface area (Å²) in [6.07, 6.45) is -0.317. The number of aliphatic hydroxyl groups is 1. The number of ether oxygens (including phenoxy) is 1. The highest BCUT2D eigenvalue weighted by molar-refractivity contribution is 6.32. The van der Waals surface area contributed by atoms with Crippen LogP contribution in [0.5, 0.6) is 5.75 Å². The fourth-order valence-electron chi connectivity index (χ4n) is 2.22. The summed E-state index contributed by atoms with van der Waals surface area (Å²) in [7, 11) is 0. The van der Waals surface area contributed by atoms with Crippen LogP contribution in [0.1, 0.15) is 6.42 Å². The van der Waals surface area contributed by atoms with Crippen molar-refractivity contribution in [3.05, 3.63) is 29.3 Å². The van der Waals surface area contributed by atoms with Gasteiger partial charge in [0.05, 0.1) is 11.1 Å². The van der Waals surface area contributed by atoms with Crippen LogP contribution in [-0.4, -0.2) is 52.9 Å². The minimum absolute atomic E-state index is 0.265. The van der Waals surface area contributed by atoms with E-state index in [0.717, 1.165) is 0 Å². The maximum Gasteiger partial charge on any atom is 0.321 e. The Hall–Kier alpha value is -1.30. The van der Waals surface area contributed by atoms with Gasteiger partial charge in [0.15, 0.2) is 0 Å². The van der Waals surface area contributed by atoms with Crippen LogP contribution in [-0.2, 0) is 4.79 Å². The summed E-state index contributed by atoms with van der Waals surface area (Å²) < 4.78 is 5.51. The molecule has 0 aliphatic carbocycles. The quantitative estimate of drug-likeness (QED) is 0.852. The molecule has 1 saturated heterocycles. The summed E-state index contributed by atoms with van der Waals surface area (Å²) in [5.41, 5.74) is 0. The van der Waals surface area contributed by atoms with Crippen LogP contribution in [0, 0.1) is 0 Å². The van der Waals surface area contributed by atoms with Gasteiger partial charge >= 0.3 is 5.97 Å². The highest BCUT2D eigenvalue weighted by Gasteiger charge is 2.35. The van der Waals surface area contributed by atoms with E-state index in [1.165, 1.54) is 0 Å². The summed E-state index contributed by atoms with van der Waals surface area (Å²) in [5, 5.41) is 19.1. The molecular weight excluding hydrogens is 270 g/mol. The number of para-hydroxylation sites is 1. The smallest absolute Gasteiger partial charge is 0.321 e. The maximum absolute atomic E-state index is 11.0. The molecule has 2 unspecified atom stereocenters. The number of nitrogens with zero attached hydrogens (tertiary/aromatic N) is 1. The van der Waals surface area contributed by atoms with Gasteiger partial charge in [0, 0.05) is 19.5 Å². The van der Waals surface area contributed by atoms with E-state index in [9.17, 15) is 9.90 Å². The molecule has 0 spiro atoms. The van der Waals surface area contributed by atoms with Gasteiger partial charge in [0.25, 0.3) is 0 Å². The van der Waals surface area contributed by atoms with Gasteiger partial charge in [-0.25, -0.2) is 0 Å². The number of carboxylic acids is 1. The molecule has 6 heteroatoms. The number of halogens is 1. The zero-order valence-corrected chi connectivity index (χ0v) is 11.1. The third-order valence-corrected chi connectivity index (χ3v) is 3.45. The molecule has 0 radical (unpaired) electrons. The number of benzene rings is 1. The van der Waals surface area contributed by atoms with Crippen LogP contribution in [0.3, 0.4) is 0 Å². The monoisotopic (exact) mass is 285 g/mol. The van der Waals surface area contributed by atoms with E-state index in [1.54, 1.807) is 17.0 Å². The number of β-amino-alcohol motifs (C(OH)–C–C–N with tert-alkyl or cyclic N) is 1. The minimum Gasteiger partial charge on any atom is -0.491 e. The highest BCUT2D eigenvalue weighted by atomic mass is 35.5. The molecule has 2 atom stereocenters. The lowest BCUT2D eigenvalue weighted by Crippen LogP contribution is -2.38. The molecule has 2 rings (SSSR count). The number of aliphatic hydroxyl groups excluding tert-OH is 1. The molecule has 0 aromatic heterocycles. The predicted molar refractivity (Wildman–Crippen MR) is 70.6 cm³/mol. The first-order valence-corrected chi connectivity index (χ1v) is 6.48. The standard InChI is InChI=1S/C13H16ClNO4/c14-10-3-1-2-4-12(10)19-6-5-15-8-9(16)7-11(15)13(17)18/h1-4,9,11,16H,5-8H2,(H,17,18). The first kappa shape index (κ1) is 14.1. The van der Waals surface area contributed by atoms with Crippen LogP contribution in [0.15, 0.2) is 24.3 Å². The van der Waals surface area contributed by atoms with E-state index < -0.39 is 18.1 Å². The molecule has 2 N–H and O–H groups in total. The van der Waals surface area contributed by atoms with Crippen molar-refractivity contribution in [1.29, 1.82) is 0 Å². The molecule has 104 valence electrons. The average molecular weight is 286 g/mol. The second-order valence-electron chi connectivity index (χ2n) is 4.52. The molecule has 5 nitrogen and oxygen atoms in total. The van der Waals surface area contributed by atoms with Crippen molar-refractivity contribution in [1.82, 2.24) is 4.90 Å². The van der Waals surface area contributed by atoms with E-state index in [0.29, 0.717) is 30.5 Å². The van der Waals surface area contributed by atoms with Crippen molar-refractivity contribution in [3.8, 4) is 5.75 Å². The van der Waals surface area contributed by atoms with Gasteiger partial charge in [-0.1, -0.05) is 23.7 Å². The summed E-state index contributed by atoms with van der Waals surface area (Å²) >= 11 is 5.95. The molecule has 1 aromatic rings. The number of aliphatic carboxylic acids is 1. The Morgan fingerprint density at radius 2 is 2.21 bits per heavy atom. The lowest BCUT2D eigenvalue weighted by Gasteiger charge is -2.20. The number of rotatable bonds is 5. The number of likely N-dealkylation sites (tertiary alicyclic amines) is 1. The van der Waals surface area contributed by atoms with Crippen LogP contribution in [0.4, 0.5) is 0 Å². The fraction of sp³-hybridized carbons (Fsp3) is 0.462. The molecule has 19 heavy (non-hydrogen) atoms. The Labute approximate surface area is 116 Å². The van der Waals surface area contributed by atoms with Crippen molar-refractivity contribution in [2.75, 3.05) is 19.7 Å². The molecule has 1 fully saturated rings. The molecular formula is C13H16ClNO4. The average Bonchev–Trinajstić information content (AvgIpc) is 2.73. The van der Waals surface area contributed by atoms with Crippen LogP contribution in [0.25, 0.3) is 0 Å². The Morgan fingerprint density at radius 3 is 2.89 bits per heavy atom. The van der Waals surface area contributed by atoms with Crippen molar-refractivity contribution in [2.45, 2.75) is 18.6 Å². The molecule has 1 aliphatic heterocycles. The van der Waals surface area contributed by atoms with Crippen molar-refractivity contribution < 1.29 is 19.7 Å². The third kappa shape index (κ3) is 3.59. The highest BCUT2D eigenvalue weighted by Crippen LogP contribution is 2.23. The zero-order chi connectivity index (χ0) is 13.8. The Bertz CT molecular complexity index is 454. The topological polar surface area (TPSA) is 70.0 Å². The Morgan fingerprint density at radius 1 is 1.47 bits per heavy atom. The molecule has 1 aromatic carbocycles. The van der Waals surface area contributed by atoms with Gasteiger partial charge in [0.2, 0.25) is 0 Å². The second kappa shape index (κ2) is 6.23. The van der Waals surface area contributed by atoms with Gasteiger partial charge in [-0.15, -0.1) is 0 Å². The van der Waals surface area contributed by atoms with Gasteiger partial charge < -0.3 is 14.9 Å². The summed E-state index contributed by atoms with van der Waals surface area (Å²) in [6, 6.07) is 6.49. The normalized spacial score (nSPS) is 23.5.